The first-order valence-electron chi connectivity index (χ1n) is 4.19. The average molecular weight is 167 g/mol. The summed E-state index contributed by atoms with van der Waals surface area (Å²) in [5.41, 5.74) is 7.40. The third-order valence-corrected chi connectivity index (χ3v) is 1.98. The molecule has 0 spiro atoms. The molecule has 0 aliphatic rings. The maximum atomic E-state index is 13.0. The highest BCUT2D eigenvalue weighted by molar-refractivity contribution is 5.26. The van der Waals surface area contributed by atoms with Crippen molar-refractivity contribution in [1.29, 1.82) is 0 Å². The van der Waals surface area contributed by atoms with Gasteiger partial charge in [0.2, 0.25) is 0 Å². The maximum absolute atomic E-state index is 13.0. The molecule has 0 amide bonds. The van der Waals surface area contributed by atoms with Crippen molar-refractivity contribution in [1.82, 2.24) is 0 Å². The van der Waals surface area contributed by atoms with Gasteiger partial charge in [0.25, 0.3) is 0 Å². The lowest BCUT2D eigenvalue weighted by Crippen LogP contribution is -2.05. The summed E-state index contributed by atoms with van der Waals surface area (Å²) >= 11 is 0. The average Bonchev–Trinajstić information content (AvgIpc) is 2.05. The lowest BCUT2D eigenvalue weighted by Gasteiger charge is -2.07. The van der Waals surface area contributed by atoms with E-state index in [1.165, 1.54) is 6.07 Å². The number of aryl methyl sites for hydroxylation is 1. The zero-order valence-corrected chi connectivity index (χ0v) is 7.47. The van der Waals surface area contributed by atoms with Crippen LogP contribution in [0.5, 0.6) is 0 Å². The Morgan fingerprint density at radius 2 is 2.17 bits per heavy atom. The van der Waals surface area contributed by atoms with E-state index in [-0.39, 0.29) is 11.9 Å². The second kappa shape index (κ2) is 3.68. The van der Waals surface area contributed by atoms with Gasteiger partial charge in [-0.05, 0) is 30.5 Å². The van der Waals surface area contributed by atoms with Gasteiger partial charge >= 0.3 is 0 Å². The van der Waals surface area contributed by atoms with Gasteiger partial charge in [-0.1, -0.05) is 19.1 Å². The molecule has 0 heterocycles. The molecule has 1 aromatic rings. The maximum Gasteiger partial charge on any atom is 0.126 e. The smallest absolute Gasteiger partial charge is 0.126 e. The van der Waals surface area contributed by atoms with Gasteiger partial charge in [0, 0.05) is 6.04 Å². The molecule has 0 aromatic heterocycles. The summed E-state index contributed by atoms with van der Waals surface area (Å²) in [6.45, 7) is 3.83. The highest BCUT2D eigenvalue weighted by atomic mass is 19.1. The van der Waals surface area contributed by atoms with E-state index >= 15 is 0 Å². The Labute approximate surface area is 72.4 Å². The molecule has 12 heavy (non-hydrogen) atoms. The van der Waals surface area contributed by atoms with Crippen LogP contribution < -0.4 is 5.73 Å². The fourth-order valence-corrected chi connectivity index (χ4v) is 1.15. The van der Waals surface area contributed by atoms with E-state index < -0.39 is 0 Å². The number of halogens is 1. The summed E-state index contributed by atoms with van der Waals surface area (Å²) < 4.78 is 13.0. The quantitative estimate of drug-likeness (QED) is 0.719. The molecule has 66 valence electrons. The van der Waals surface area contributed by atoms with Crippen molar-refractivity contribution in [3.05, 3.63) is 35.1 Å². The molecule has 0 saturated heterocycles. The van der Waals surface area contributed by atoms with E-state index in [0.29, 0.717) is 6.42 Å². The number of hydrogen-bond acceptors (Lipinski definition) is 1. The molecule has 2 N–H and O–H groups in total. The number of hydrogen-bond donors (Lipinski definition) is 1. The topological polar surface area (TPSA) is 26.0 Å². The van der Waals surface area contributed by atoms with Crippen LogP contribution in [-0.2, 0) is 6.42 Å². The van der Waals surface area contributed by atoms with Crippen LogP contribution in [0.1, 0.15) is 31.0 Å². The molecule has 0 saturated carbocycles. The first-order chi connectivity index (χ1) is 5.65. The molecule has 1 rings (SSSR count). The van der Waals surface area contributed by atoms with Crippen LogP contribution >= 0.6 is 0 Å². The predicted molar refractivity (Wildman–Crippen MR) is 48.4 cm³/mol. The Balaban J connectivity index is 3.05. The Bertz CT molecular complexity index is 269. The largest absolute Gasteiger partial charge is 0.324 e. The van der Waals surface area contributed by atoms with E-state index in [1.54, 1.807) is 6.07 Å². The highest BCUT2D eigenvalue weighted by Gasteiger charge is 2.03. The minimum atomic E-state index is -0.137. The summed E-state index contributed by atoms with van der Waals surface area (Å²) in [6, 6.07) is 5.03. The van der Waals surface area contributed by atoms with Crippen LogP contribution in [0.25, 0.3) is 0 Å². The molecule has 0 aliphatic carbocycles. The fraction of sp³-hybridized carbons (Fsp3) is 0.400. The van der Waals surface area contributed by atoms with Gasteiger partial charge in [0.15, 0.2) is 0 Å². The zero-order valence-electron chi connectivity index (χ0n) is 7.47. The van der Waals surface area contributed by atoms with E-state index in [2.05, 4.69) is 0 Å². The molecule has 0 bridgehead atoms. The number of rotatable bonds is 2. The van der Waals surface area contributed by atoms with Gasteiger partial charge in [-0.15, -0.1) is 0 Å². The van der Waals surface area contributed by atoms with Crippen LogP contribution in [-0.4, -0.2) is 0 Å². The van der Waals surface area contributed by atoms with Crippen LogP contribution in [0.3, 0.4) is 0 Å². The monoisotopic (exact) mass is 167 g/mol. The van der Waals surface area contributed by atoms with Crippen LogP contribution in [0.15, 0.2) is 18.2 Å². The predicted octanol–water partition coefficient (Wildman–Crippen LogP) is 2.41. The molecule has 0 fully saturated rings. The number of benzene rings is 1. The van der Waals surface area contributed by atoms with Crippen molar-refractivity contribution in [2.75, 3.05) is 0 Å². The molecular formula is C10H14FN. The SMILES string of the molecule is CCc1cc(C(C)N)ccc1F. The molecule has 2 heteroatoms. The lowest BCUT2D eigenvalue weighted by atomic mass is 10.0. The molecule has 1 aromatic carbocycles. The summed E-state index contributed by atoms with van der Waals surface area (Å²) in [5.74, 6) is -0.137. The lowest BCUT2D eigenvalue weighted by molar-refractivity contribution is 0.610. The molecule has 1 atom stereocenters. The summed E-state index contributed by atoms with van der Waals surface area (Å²) in [4.78, 5) is 0. The first-order valence-corrected chi connectivity index (χ1v) is 4.19. The van der Waals surface area contributed by atoms with Crippen molar-refractivity contribution >= 4 is 0 Å². The van der Waals surface area contributed by atoms with Crippen LogP contribution in [0.2, 0.25) is 0 Å². The summed E-state index contributed by atoms with van der Waals surface area (Å²) in [5, 5.41) is 0. The zero-order chi connectivity index (χ0) is 9.14. The molecule has 0 radical (unpaired) electrons. The highest BCUT2D eigenvalue weighted by Crippen LogP contribution is 2.15. The van der Waals surface area contributed by atoms with Gasteiger partial charge in [0.05, 0.1) is 0 Å². The Morgan fingerprint density at radius 3 is 2.67 bits per heavy atom. The van der Waals surface area contributed by atoms with E-state index in [9.17, 15) is 4.39 Å². The molecule has 0 aliphatic heterocycles. The summed E-state index contributed by atoms with van der Waals surface area (Å²) in [7, 11) is 0. The second-order valence-corrected chi connectivity index (χ2v) is 2.99. The Morgan fingerprint density at radius 1 is 1.50 bits per heavy atom. The molecule has 1 unspecified atom stereocenters. The minimum absolute atomic E-state index is 0.0177. The third kappa shape index (κ3) is 1.83. The van der Waals surface area contributed by atoms with Crippen molar-refractivity contribution in [2.24, 2.45) is 5.73 Å². The van der Waals surface area contributed by atoms with E-state index in [1.807, 2.05) is 19.9 Å². The second-order valence-electron chi connectivity index (χ2n) is 2.99. The third-order valence-electron chi connectivity index (χ3n) is 1.98. The van der Waals surface area contributed by atoms with Crippen molar-refractivity contribution < 1.29 is 4.39 Å². The van der Waals surface area contributed by atoms with Gasteiger partial charge in [-0.2, -0.15) is 0 Å². The van der Waals surface area contributed by atoms with E-state index in [0.717, 1.165) is 11.1 Å². The van der Waals surface area contributed by atoms with Gasteiger partial charge in [-0.25, -0.2) is 4.39 Å². The normalized spacial score (nSPS) is 13.0. The molecular weight excluding hydrogens is 153 g/mol. The van der Waals surface area contributed by atoms with Crippen molar-refractivity contribution in [2.45, 2.75) is 26.3 Å². The van der Waals surface area contributed by atoms with Crippen molar-refractivity contribution in [3.8, 4) is 0 Å². The van der Waals surface area contributed by atoms with Crippen molar-refractivity contribution in [3.63, 3.8) is 0 Å². The number of nitrogens with two attached hydrogens (primary N) is 1. The minimum Gasteiger partial charge on any atom is -0.324 e. The standard InChI is InChI=1S/C10H14FN/c1-3-8-6-9(7(2)12)4-5-10(8)11/h4-7H,3,12H2,1-2H3. The molecule has 1 nitrogen and oxygen atoms in total. The first kappa shape index (κ1) is 9.20. The fourth-order valence-electron chi connectivity index (χ4n) is 1.15. The Hall–Kier alpha value is -0.890. The van der Waals surface area contributed by atoms with E-state index in [4.69, 9.17) is 5.73 Å². The Kier molecular flexibility index (Phi) is 2.82. The van der Waals surface area contributed by atoms with Gasteiger partial charge in [-0.3, -0.25) is 0 Å². The summed E-state index contributed by atoms with van der Waals surface area (Å²) in [6.07, 6.45) is 0.715. The van der Waals surface area contributed by atoms with Crippen LogP contribution in [0, 0.1) is 5.82 Å². The van der Waals surface area contributed by atoms with Gasteiger partial charge in [0.1, 0.15) is 5.82 Å². The van der Waals surface area contributed by atoms with Crippen LogP contribution in [0.4, 0.5) is 4.39 Å². The van der Waals surface area contributed by atoms with Gasteiger partial charge < -0.3 is 5.73 Å².